The second-order valence-corrected chi connectivity index (χ2v) is 6.19. The smallest absolute Gasteiger partial charge is 0.137 e. The van der Waals surface area contributed by atoms with E-state index in [0.29, 0.717) is 0 Å². The van der Waals surface area contributed by atoms with Gasteiger partial charge in [0.05, 0.1) is 7.11 Å². The molecular formula is C17H18FNOS. The van der Waals surface area contributed by atoms with E-state index >= 15 is 0 Å². The number of nitrogens with one attached hydrogen (secondary N) is 1. The second-order valence-electron chi connectivity index (χ2n) is 5.08. The molecule has 0 aliphatic carbocycles. The van der Waals surface area contributed by atoms with E-state index in [9.17, 15) is 4.39 Å². The van der Waals surface area contributed by atoms with Gasteiger partial charge in [0.2, 0.25) is 0 Å². The molecule has 1 N–H and O–H groups in total. The first-order valence-electron chi connectivity index (χ1n) is 7.05. The van der Waals surface area contributed by atoms with Crippen LogP contribution in [-0.4, -0.2) is 12.9 Å². The summed E-state index contributed by atoms with van der Waals surface area (Å²) < 4.78 is 19.1. The normalized spacial score (nSPS) is 17.3. The Morgan fingerprint density at radius 3 is 3.00 bits per heavy atom. The van der Waals surface area contributed by atoms with Crippen LogP contribution in [0.2, 0.25) is 0 Å². The topological polar surface area (TPSA) is 21.3 Å². The molecule has 1 unspecified atom stereocenters. The number of thioether (sulfide) groups is 1. The monoisotopic (exact) mass is 303 g/mol. The average molecular weight is 303 g/mol. The van der Waals surface area contributed by atoms with Crippen molar-refractivity contribution in [2.45, 2.75) is 23.9 Å². The number of ether oxygens (including phenoxy) is 1. The lowest BCUT2D eigenvalue weighted by atomic mass is 10.0. The molecule has 21 heavy (non-hydrogen) atoms. The number of methoxy groups -OCH3 is 1. The fraction of sp³-hybridized carbons (Fsp3) is 0.294. The zero-order valence-corrected chi connectivity index (χ0v) is 12.8. The van der Waals surface area contributed by atoms with Crippen molar-refractivity contribution in [1.82, 2.24) is 5.32 Å². The average Bonchev–Trinajstić information content (AvgIpc) is 2.53. The first kappa shape index (κ1) is 14.4. The quantitative estimate of drug-likeness (QED) is 0.916. The zero-order valence-electron chi connectivity index (χ0n) is 11.9. The van der Waals surface area contributed by atoms with Crippen LogP contribution in [0.5, 0.6) is 5.75 Å². The van der Waals surface area contributed by atoms with E-state index in [1.165, 1.54) is 11.6 Å². The van der Waals surface area contributed by atoms with Gasteiger partial charge in [0.25, 0.3) is 0 Å². The van der Waals surface area contributed by atoms with Gasteiger partial charge in [-0.2, -0.15) is 0 Å². The molecule has 2 nitrogen and oxygen atoms in total. The fourth-order valence-electron chi connectivity index (χ4n) is 2.62. The number of benzene rings is 2. The van der Waals surface area contributed by atoms with Gasteiger partial charge in [-0.05, 0) is 41.5 Å². The first-order valence-corrected chi connectivity index (χ1v) is 8.04. The molecular weight excluding hydrogens is 285 g/mol. The summed E-state index contributed by atoms with van der Waals surface area (Å²) in [5, 5.41) is 3.54. The van der Waals surface area contributed by atoms with Crippen molar-refractivity contribution in [2.24, 2.45) is 0 Å². The van der Waals surface area contributed by atoms with Gasteiger partial charge in [-0.15, -0.1) is 11.8 Å². The molecule has 3 rings (SSSR count). The molecule has 0 saturated carbocycles. The van der Waals surface area contributed by atoms with Crippen molar-refractivity contribution in [2.75, 3.05) is 12.9 Å². The Kier molecular flexibility index (Phi) is 4.46. The van der Waals surface area contributed by atoms with Gasteiger partial charge in [-0.25, -0.2) is 4.39 Å². The Labute approximate surface area is 128 Å². The van der Waals surface area contributed by atoms with Crippen LogP contribution in [-0.2, 0) is 6.54 Å². The van der Waals surface area contributed by atoms with Crippen LogP contribution in [0.1, 0.15) is 23.6 Å². The minimum Gasteiger partial charge on any atom is -0.497 e. The van der Waals surface area contributed by atoms with E-state index in [2.05, 4.69) is 11.4 Å². The molecule has 0 amide bonds. The summed E-state index contributed by atoms with van der Waals surface area (Å²) in [7, 11) is 1.67. The summed E-state index contributed by atoms with van der Waals surface area (Å²) >= 11 is 1.61. The molecule has 110 valence electrons. The fourth-order valence-corrected chi connectivity index (χ4v) is 3.76. The van der Waals surface area contributed by atoms with Gasteiger partial charge in [-0.1, -0.05) is 24.3 Å². The highest BCUT2D eigenvalue weighted by atomic mass is 32.2. The van der Waals surface area contributed by atoms with Crippen LogP contribution in [0, 0.1) is 5.82 Å². The number of hydrogen-bond acceptors (Lipinski definition) is 3. The molecule has 1 heterocycles. The van der Waals surface area contributed by atoms with E-state index in [1.807, 2.05) is 24.3 Å². The van der Waals surface area contributed by atoms with Crippen molar-refractivity contribution >= 4 is 11.8 Å². The van der Waals surface area contributed by atoms with Crippen LogP contribution in [0.3, 0.4) is 0 Å². The van der Waals surface area contributed by atoms with E-state index in [1.54, 1.807) is 24.9 Å². The van der Waals surface area contributed by atoms with Gasteiger partial charge in [0.1, 0.15) is 11.6 Å². The molecule has 0 radical (unpaired) electrons. The lowest BCUT2D eigenvalue weighted by molar-refractivity contribution is 0.413. The van der Waals surface area contributed by atoms with E-state index in [-0.39, 0.29) is 11.9 Å². The molecule has 0 saturated heterocycles. The highest BCUT2D eigenvalue weighted by Crippen LogP contribution is 2.37. The molecule has 0 aromatic heterocycles. The summed E-state index contributed by atoms with van der Waals surface area (Å²) in [6.07, 6.45) is 1.02. The Hall–Kier alpha value is -1.52. The minimum absolute atomic E-state index is 0.106. The Balaban J connectivity index is 1.73. The first-order chi connectivity index (χ1) is 10.3. The minimum atomic E-state index is -0.106. The number of hydrogen-bond donors (Lipinski definition) is 1. The third-order valence-corrected chi connectivity index (χ3v) is 4.87. The van der Waals surface area contributed by atoms with Crippen LogP contribution in [0.15, 0.2) is 47.4 Å². The van der Waals surface area contributed by atoms with Crippen molar-refractivity contribution in [3.8, 4) is 5.75 Å². The van der Waals surface area contributed by atoms with Crippen LogP contribution in [0.25, 0.3) is 0 Å². The lowest BCUT2D eigenvalue weighted by Gasteiger charge is -2.26. The van der Waals surface area contributed by atoms with Crippen molar-refractivity contribution in [1.29, 1.82) is 0 Å². The summed E-state index contributed by atoms with van der Waals surface area (Å²) in [4.78, 5) is 0.798. The zero-order chi connectivity index (χ0) is 14.7. The lowest BCUT2D eigenvalue weighted by Crippen LogP contribution is -2.24. The molecule has 0 spiro atoms. The third kappa shape index (κ3) is 3.22. The Bertz CT molecular complexity index is 632. The van der Waals surface area contributed by atoms with Crippen LogP contribution >= 0.6 is 11.8 Å². The SMILES string of the molecule is COc1cccc(CNC2CCSc3c(F)cccc32)c1. The predicted molar refractivity (Wildman–Crippen MR) is 84.3 cm³/mol. The van der Waals surface area contributed by atoms with Gasteiger partial charge < -0.3 is 10.1 Å². The molecule has 0 bridgehead atoms. The van der Waals surface area contributed by atoms with E-state index in [4.69, 9.17) is 4.74 Å². The molecule has 2 aromatic rings. The van der Waals surface area contributed by atoms with Crippen molar-refractivity contribution in [3.63, 3.8) is 0 Å². The molecule has 1 atom stereocenters. The largest absolute Gasteiger partial charge is 0.497 e. The Morgan fingerprint density at radius 2 is 2.14 bits per heavy atom. The summed E-state index contributed by atoms with van der Waals surface area (Å²) in [6.45, 7) is 0.752. The van der Waals surface area contributed by atoms with Gasteiger partial charge in [0.15, 0.2) is 0 Å². The highest BCUT2D eigenvalue weighted by Gasteiger charge is 2.22. The van der Waals surface area contributed by atoms with E-state index < -0.39 is 0 Å². The molecule has 2 aromatic carbocycles. The molecule has 1 aliphatic rings. The van der Waals surface area contributed by atoms with Crippen LogP contribution in [0.4, 0.5) is 4.39 Å². The maximum Gasteiger partial charge on any atom is 0.137 e. The van der Waals surface area contributed by atoms with Gasteiger partial charge in [0, 0.05) is 17.5 Å². The third-order valence-electron chi connectivity index (χ3n) is 3.71. The maximum absolute atomic E-state index is 13.8. The number of halogens is 1. The van der Waals surface area contributed by atoms with Gasteiger partial charge >= 0.3 is 0 Å². The molecule has 0 fully saturated rings. The standard InChI is InChI=1S/C17H18FNOS/c1-20-13-5-2-4-12(10-13)11-19-16-8-9-21-17-14(16)6-3-7-15(17)18/h2-7,10,16,19H,8-9,11H2,1H3. The second kappa shape index (κ2) is 6.50. The predicted octanol–water partition coefficient (Wildman–Crippen LogP) is 4.16. The van der Waals surface area contributed by atoms with Crippen LogP contribution < -0.4 is 10.1 Å². The molecule has 1 aliphatic heterocycles. The number of fused-ring (bicyclic) bond motifs is 1. The molecule has 4 heteroatoms. The summed E-state index contributed by atoms with van der Waals surface area (Å²) in [5.41, 5.74) is 2.25. The Morgan fingerprint density at radius 1 is 1.29 bits per heavy atom. The van der Waals surface area contributed by atoms with Crippen molar-refractivity contribution < 1.29 is 9.13 Å². The number of rotatable bonds is 4. The maximum atomic E-state index is 13.8. The summed E-state index contributed by atoms with van der Waals surface area (Å²) in [5.74, 6) is 1.70. The van der Waals surface area contributed by atoms with E-state index in [0.717, 1.165) is 34.9 Å². The highest BCUT2D eigenvalue weighted by molar-refractivity contribution is 7.99. The summed E-state index contributed by atoms with van der Waals surface area (Å²) in [6, 6.07) is 13.6. The van der Waals surface area contributed by atoms with Crippen molar-refractivity contribution in [3.05, 3.63) is 59.4 Å². The van der Waals surface area contributed by atoms with Gasteiger partial charge in [-0.3, -0.25) is 0 Å².